The first-order valence-corrected chi connectivity index (χ1v) is 6.41. The van der Waals surface area contributed by atoms with E-state index in [-0.39, 0.29) is 23.7 Å². The zero-order valence-corrected chi connectivity index (χ0v) is 11.5. The number of urea groups is 1. The molecule has 0 heterocycles. The van der Waals surface area contributed by atoms with E-state index >= 15 is 0 Å². The smallest absolute Gasteiger partial charge is 0.319 e. The molecule has 0 saturated heterocycles. The van der Waals surface area contributed by atoms with Crippen molar-refractivity contribution in [3.8, 4) is 6.07 Å². The Morgan fingerprint density at radius 1 is 1.48 bits per heavy atom. The van der Waals surface area contributed by atoms with Crippen molar-refractivity contribution in [1.82, 2.24) is 5.32 Å². The fourth-order valence-corrected chi connectivity index (χ4v) is 1.70. The number of hydrogen-bond acceptors (Lipinski definition) is 3. The van der Waals surface area contributed by atoms with Gasteiger partial charge >= 0.3 is 12.0 Å². The lowest BCUT2D eigenvalue weighted by molar-refractivity contribution is -0.137. The number of carbonyl (C=O) groups excluding carboxylic acids is 1. The predicted molar refractivity (Wildman–Crippen MR) is 74.2 cm³/mol. The summed E-state index contributed by atoms with van der Waals surface area (Å²) in [5, 5.41) is 22.1. The maximum atomic E-state index is 13.6. The van der Waals surface area contributed by atoms with Gasteiger partial charge in [0.05, 0.1) is 17.3 Å². The van der Waals surface area contributed by atoms with Gasteiger partial charge in [-0.25, -0.2) is 9.18 Å². The van der Waals surface area contributed by atoms with Crippen LogP contribution in [0.2, 0.25) is 0 Å². The van der Waals surface area contributed by atoms with E-state index in [2.05, 4.69) is 10.6 Å². The number of carboxylic acid groups (broad SMARTS) is 1. The molecule has 0 saturated carbocycles. The molecule has 0 aliphatic rings. The van der Waals surface area contributed by atoms with Crippen molar-refractivity contribution in [3.05, 3.63) is 29.6 Å². The van der Waals surface area contributed by atoms with Crippen molar-refractivity contribution in [1.29, 1.82) is 5.26 Å². The summed E-state index contributed by atoms with van der Waals surface area (Å²) in [4.78, 5) is 22.0. The fraction of sp³-hybridized carbons (Fsp3) is 0.357. The molecule has 1 aromatic carbocycles. The van der Waals surface area contributed by atoms with Crippen LogP contribution in [0.3, 0.4) is 0 Å². The number of nitrogens with zero attached hydrogens (tertiary/aromatic N) is 1. The van der Waals surface area contributed by atoms with Gasteiger partial charge in [0.2, 0.25) is 0 Å². The molecule has 0 bridgehead atoms. The summed E-state index contributed by atoms with van der Waals surface area (Å²) in [6, 6.07) is 4.72. The lowest BCUT2D eigenvalue weighted by Gasteiger charge is -2.14. The van der Waals surface area contributed by atoms with Gasteiger partial charge in [-0.1, -0.05) is 0 Å². The summed E-state index contributed by atoms with van der Waals surface area (Å²) in [6.07, 6.45) is 0.996. The molecular formula is C14H16FN3O3. The number of benzene rings is 1. The maximum absolute atomic E-state index is 13.6. The molecule has 112 valence electrons. The number of nitriles is 1. The quantitative estimate of drug-likeness (QED) is 0.749. The van der Waals surface area contributed by atoms with Gasteiger partial charge in [-0.05, 0) is 38.0 Å². The fourth-order valence-electron chi connectivity index (χ4n) is 1.70. The van der Waals surface area contributed by atoms with Crippen LogP contribution in [0.25, 0.3) is 0 Å². The highest BCUT2D eigenvalue weighted by atomic mass is 19.1. The molecule has 0 radical (unpaired) electrons. The van der Waals surface area contributed by atoms with Crippen LogP contribution >= 0.6 is 0 Å². The molecule has 21 heavy (non-hydrogen) atoms. The highest BCUT2D eigenvalue weighted by Gasteiger charge is 2.11. The first-order chi connectivity index (χ1) is 9.92. The highest BCUT2D eigenvalue weighted by molar-refractivity contribution is 5.89. The van der Waals surface area contributed by atoms with Crippen molar-refractivity contribution < 1.29 is 19.1 Å². The summed E-state index contributed by atoms with van der Waals surface area (Å²) in [7, 11) is 0. The number of carbonyl (C=O) groups is 2. The second-order valence-electron chi connectivity index (χ2n) is 4.59. The van der Waals surface area contributed by atoms with Gasteiger partial charge in [-0.3, -0.25) is 4.79 Å². The van der Waals surface area contributed by atoms with E-state index < -0.39 is 17.8 Å². The normalized spacial score (nSPS) is 11.3. The average molecular weight is 293 g/mol. The molecule has 7 heteroatoms. The number of aliphatic carboxylic acids is 1. The van der Waals surface area contributed by atoms with Crippen molar-refractivity contribution in [3.63, 3.8) is 0 Å². The first kappa shape index (κ1) is 16.4. The van der Waals surface area contributed by atoms with Crippen molar-refractivity contribution in [2.24, 2.45) is 0 Å². The van der Waals surface area contributed by atoms with E-state index in [1.54, 1.807) is 13.0 Å². The molecule has 0 spiro atoms. The molecule has 6 nitrogen and oxygen atoms in total. The number of carboxylic acids is 1. The van der Waals surface area contributed by atoms with Gasteiger partial charge < -0.3 is 15.7 Å². The molecule has 0 aliphatic heterocycles. The van der Waals surface area contributed by atoms with E-state index in [1.165, 1.54) is 12.1 Å². The Labute approximate surface area is 121 Å². The Morgan fingerprint density at radius 3 is 2.76 bits per heavy atom. The molecule has 2 amide bonds. The summed E-state index contributed by atoms with van der Waals surface area (Å²) >= 11 is 0. The van der Waals surface area contributed by atoms with E-state index in [4.69, 9.17) is 10.4 Å². The number of nitrogens with one attached hydrogen (secondary N) is 2. The van der Waals surface area contributed by atoms with Gasteiger partial charge in [0.25, 0.3) is 0 Å². The standard InChI is InChI=1S/C14H16FN3O3/c1-9(3-2-4-13(19)20)17-14(21)18-12-6-5-10(8-16)7-11(12)15/h5-7,9H,2-4H2,1H3,(H,19,20)(H2,17,18,21). The summed E-state index contributed by atoms with van der Waals surface area (Å²) in [5.41, 5.74) is 0.143. The molecule has 0 aliphatic carbocycles. The molecule has 1 aromatic rings. The zero-order chi connectivity index (χ0) is 15.8. The van der Waals surface area contributed by atoms with Crippen LogP contribution in [0.4, 0.5) is 14.9 Å². The molecule has 0 aromatic heterocycles. The monoisotopic (exact) mass is 293 g/mol. The Balaban J connectivity index is 2.46. The van der Waals surface area contributed by atoms with Crippen LogP contribution in [0.5, 0.6) is 0 Å². The minimum Gasteiger partial charge on any atom is -0.481 e. The lowest BCUT2D eigenvalue weighted by atomic mass is 10.1. The van der Waals surface area contributed by atoms with Gasteiger partial charge in [-0.2, -0.15) is 5.26 Å². The summed E-state index contributed by atoms with van der Waals surface area (Å²) in [6.45, 7) is 1.73. The lowest BCUT2D eigenvalue weighted by Crippen LogP contribution is -2.36. The van der Waals surface area contributed by atoms with Gasteiger partial charge in [0, 0.05) is 12.5 Å². The van der Waals surface area contributed by atoms with Crippen LogP contribution in [-0.4, -0.2) is 23.1 Å². The number of amides is 2. The number of hydrogen-bond donors (Lipinski definition) is 3. The SMILES string of the molecule is CC(CCCC(=O)O)NC(=O)Nc1ccc(C#N)cc1F. The minimum atomic E-state index is -0.883. The van der Waals surface area contributed by atoms with Crippen LogP contribution in [0, 0.1) is 17.1 Å². The van der Waals surface area contributed by atoms with Crippen molar-refractivity contribution in [2.75, 3.05) is 5.32 Å². The third-order valence-electron chi connectivity index (χ3n) is 2.75. The maximum Gasteiger partial charge on any atom is 0.319 e. The highest BCUT2D eigenvalue weighted by Crippen LogP contribution is 2.15. The van der Waals surface area contributed by atoms with Gasteiger partial charge in [0.1, 0.15) is 5.82 Å². The van der Waals surface area contributed by atoms with Crippen molar-refractivity contribution >= 4 is 17.7 Å². The molecule has 1 rings (SSSR count). The number of rotatable bonds is 6. The van der Waals surface area contributed by atoms with Gasteiger partial charge in [0.15, 0.2) is 0 Å². The first-order valence-electron chi connectivity index (χ1n) is 6.41. The molecule has 3 N–H and O–H groups in total. The Bertz CT molecular complexity index is 569. The molecule has 0 fully saturated rings. The topological polar surface area (TPSA) is 102 Å². The Kier molecular flexibility index (Phi) is 6.14. The third-order valence-corrected chi connectivity index (χ3v) is 2.75. The minimum absolute atomic E-state index is 0.0239. The summed E-state index contributed by atoms with van der Waals surface area (Å²) < 4.78 is 13.6. The van der Waals surface area contributed by atoms with Crippen LogP contribution in [0.1, 0.15) is 31.7 Å². The second-order valence-corrected chi connectivity index (χ2v) is 4.59. The summed E-state index contributed by atoms with van der Waals surface area (Å²) in [5.74, 6) is -1.57. The van der Waals surface area contributed by atoms with E-state index in [9.17, 15) is 14.0 Å². The second kappa shape index (κ2) is 7.85. The predicted octanol–water partition coefficient (Wildman–Crippen LogP) is 2.46. The van der Waals surface area contributed by atoms with E-state index in [1.807, 2.05) is 0 Å². The largest absolute Gasteiger partial charge is 0.481 e. The molecule has 1 unspecified atom stereocenters. The zero-order valence-electron chi connectivity index (χ0n) is 11.5. The Morgan fingerprint density at radius 2 is 2.19 bits per heavy atom. The Hall–Kier alpha value is -2.62. The van der Waals surface area contributed by atoms with Gasteiger partial charge in [-0.15, -0.1) is 0 Å². The average Bonchev–Trinajstić information content (AvgIpc) is 2.40. The van der Waals surface area contributed by atoms with Crippen LogP contribution in [-0.2, 0) is 4.79 Å². The molecule has 1 atom stereocenters. The van der Waals surface area contributed by atoms with Crippen LogP contribution in [0.15, 0.2) is 18.2 Å². The van der Waals surface area contributed by atoms with E-state index in [0.717, 1.165) is 6.07 Å². The number of anilines is 1. The van der Waals surface area contributed by atoms with E-state index in [0.29, 0.717) is 12.8 Å². The molecular weight excluding hydrogens is 277 g/mol. The van der Waals surface area contributed by atoms with Crippen LogP contribution < -0.4 is 10.6 Å². The van der Waals surface area contributed by atoms with Crippen molar-refractivity contribution in [2.45, 2.75) is 32.2 Å². The number of halogens is 1. The third kappa shape index (κ3) is 5.91.